The number of likely N-dealkylation sites (tertiary alicyclic amines) is 1. The Hall–Kier alpha value is -0.800. The molecule has 0 saturated carbocycles. The number of hydrogen-bond donors (Lipinski definition) is 1. The van der Waals surface area contributed by atoms with E-state index in [1.807, 2.05) is 13.8 Å². The minimum atomic E-state index is 0.928. The van der Waals surface area contributed by atoms with Crippen molar-refractivity contribution >= 4 is 0 Å². The van der Waals surface area contributed by atoms with Crippen LogP contribution < -0.4 is 5.32 Å². The summed E-state index contributed by atoms with van der Waals surface area (Å²) in [5, 5.41) is 3.48. The fourth-order valence-electron chi connectivity index (χ4n) is 2.33. The van der Waals surface area contributed by atoms with Gasteiger partial charge in [0.25, 0.3) is 0 Å². The second-order valence-electron chi connectivity index (χ2n) is 4.66. The van der Waals surface area contributed by atoms with Crippen LogP contribution in [0, 0.1) is 13.8 Å². The van der Waals surface area contributed by atoms with E-state index in [4.69, 9.17) is 4.42 Å². The van der Waals surface area contributed by atoms with Crippen LogP contribution in [0.5, 0.6) is 0 Å². The molecule has 0 amide bonds. The van der Waals surface area contributed by atoms with Crippen molar-refractivity contribution in [1.29, 1.82) is 0 Å². The molecular formula is C13H22N2O. The first kappa shape index (κ1) is 11.7. The molecule has 0 aliphatic carbocycles. The third kappa shape index (κ3) is 3.09. The molecule has 0 spiro atoms. The van der Waals surface area contributed by atoms with E-state index in [0.717, 1.165) is 24.6 Å². The Morgan fingerprint density at radius 2 is 2.06 bits per heavy atom. The third-order valence-electron chi connectivity index (χ3n) is 3.26. The number of rotatable bonds is 5. The Morgan fingerprint density at radius 1 is 1.31 bits per heavy atom. The highest BCUT2D eigenvalue weighted by atomic mass is 16.3. The molecule has 0 atom stereocenters. The highest BCUT2D eigenvalue weighted by molar-refractivity contribution is 5.19. The summed E-state index contributed by atoms with van der Waals surface area (Å²) in [6.45, 7) is 9.78. The van der Waals surface area contributed by atoms with Crippen molar-refractivity contribution in [3.63, 3.8) is 0 Å². The van der Waals surface area contributed by atoms with Gasteiger partial charge in [-0.25, -0.2) is 0 Å². The quantitative estimate of drug-likeness (QED) is 0.773. The maximum atomic E-state index is 5.49. The first-order chi connectivity index (χ1) is 7.75. The Labute approximate surface area is 97.8 Å². The monoisotopic (exact) mass is 222 g/mol. The van der Waals surface area contributed by atoms with Crippen LogP contribution in [0.2, 0.25) is 0 Å². The van der Waals surface area contributed by atoms with E-state index in [-0.39, 0.29) is 0 Å². The topological polar surface area (TPSA) is 28.4 Å². The van der Waals surface area contributed by atoms with Crippen LogP contribution in [0.1, 0.15) is 29.9 Å². The Kier molecular flexibility index (Phi) is 4.02. The van der Waals surface area contributed by atoms with Crippen LogP contribution in [0.15, 0.2) is 10.5 Å². The number of nitrogens with zero attached hydrogens (tertiary/aromatic N) is 1. The molecule has 3 heteroatoms. The summed E-state index contributed by atoms with van der Waals surface area (Å²) in [5.74, 6) is 2.06. The molecule has 0 radical (unpaired) electrons. The molecule has 1 N–H and O–H groups in total. The van der Waals surface area contributed by atoms with E-state index >= 15 is 0 Å². The lowest BCUT2D eigenvalue weighted by Crippen LogP contribution is -2.29. The molecule has 1 aromatic rings. The largest absolute Gasteiger partial charge is 0.466 e. The second kappa shape index (κ2) is 5.51. The van der Waals surface area contributed by atoms with Gasteiger partial charge in [0.15, 0.2) is 0 Å². The molecule has 0 bridgehead atoms. The van der Waals surface area contributed by atoms with Crippen LogP contribution in [-0.2, 0) is 6.54 Å². The van der Waals surface area contributed by atoms with Crippen molar-refractivity contribution in [2.45, 2.75) is 33.2 Å². The molecule has 90 valence electrons. The average molecular weight is 222 g/mol. The fourth-order valence-corrected chi connectivity index (χ4v) is 2.33. The summed E-state index contributed by atoms with van der Waals surface area (Å²) < 4.78 is 5.49. The van der Waals surface area contributed by atoms with E-state index in [2.05, 4.69) is 16.3 Å². The van der Waals surface area contributed by atoms with Crippen molar-refractivity contribution in [3.05, 3.63) is 23.2 Å². The molecule has 1 aliphatic heterocycles. The Bertz CT molecular complexity index is 327. The van der Waals surface area contributed by atoms with Gasteiger partial charge in [-0.3, -0.25) is 0 Å². The van der Waals surface area contributed by atoms with Crippen LogP contribution in [0.3, 0.4) is 0 Å². The number of nitrogens with one attached hydrogen (secondary N) is 1. The van der Waals surface area contributed by atoms with Gasteiger partial charge in [-0.2, -0.15) is 0 Å². The lowest BCUT2D eigenvalue weighted by Gasteiger charge is -2.14. The summed E-state index contributed by atoms with van der Waals surface area (Å²) in [6.07, 6.45) is 2.75. The lowest BCUT2D eigenvalue weighted by molar-refractivity contribution is 0.335. The number of aryl methyl sites for hydroxylation is 2. The summed E-state index contributed by atoms with van der Waals surface area (Å²) in [7, 11) is 0. The second-order valence-corrected chi connectivity index (χ2v) is 4.66. The minimum Gasteiger partial charge on any atom is -0.466 e. The van der Waals surface area contributed by atoms with Crippen LogP contribution in [-0.4, -0.2) is 31.1 Å². The van der Waals surface area contributed by atoms with Gasteiger partial charge < -0.3 is 14.6 Å². The summed E-state index contributed by atoms with van der Waals surface area (Å²) >= 11 is 0. The normalized spacial score (nSPS) is 17.1. The molecule has 3 nitrogen and oxygen atoms in total. The van der Waals surface area contributed by atoms with E-state index < -0.39 is 0 Å². The van der Waals surface area contributed by atoms with E-state index in [0.29, 0.717) is 0 Å². The molecule has 16 heavy (non-hydrogen) atoms. The molecule has 2 rings (SSSR count). The summed E-state index contributed by atoms with van der Waals surface area (Å²) in [5.41, 5.74) is 1.29. The van der Waals surface area contributed by atoms with Gasteiger partial charge in [0, 0.05) is 25.2 Å². The van der Waals surface area contributed by atoms with Crippen molar-refractivity contribution < 1.29 is 4.42 Å². The van der Waals surface area contributed by atoms with Crippen LogP contribution in [0.4, 0.5) is 0 Å². The zero-order valence-corrected chi connectivity index (χ0v) is 10.4. The zero-order chi connectivity index (χ0) is 11.4. The van der Waals surface area contributed by atoms with Gasteiger partial charge in [0.2, 0.25) is 0 Å². The highest BCUT2D eigenvalue weighted by Gasteiger charge is 2.10. The maximum absolute atomic E-state index is 5.49. The predicted molar refractivity (Wildman–Crippen MR) is 65.6 cm³/mol. The smallest absolute Gasteiger partial charge is 0.105 e. The van der Waals surface area contributed by atoms with Gasteiger partial charge in [-0.05, 0) is 45.8 Å². The Morgan fingerprint density at radius 3 is 2.69 bits per heavy atom. The molecule has 0 unspecified atom stereocenters. The molecule has 1 saturated heterocycles. The van der Waals surface area contributed by atoms with Crippen LogP contribution in [0.25, 0.3) is 0 Å². The van der Waals surface area contributed by atoms with Crippen molar-refractivity contribution in [3.8, 4) is 0 Å². The van der Waals surface area contributed by atoms with Gasteiger partial charge in [-0.15, -0.1) is 0 Å². The molecule has 1 fully saturated rings. The molecule has 2 heterocycles. The average Bonchev–Trinajstić information content (AvgIpc) is 2.84. The zero-order valence-electron chi connectivity index (χ0n) is 10.4. The lowest BCUT2D eigenvalue weighted by atomic mass is 10.2. The van der Waals surface area contributed by atoms with E-state index in [9.17, 15) is 0 Å². The SMILES string of the molecule is Cc1cc(CNCCN2CCCC2)c(C)o1. The van der Waals surface area contributed by atoms with Crippen molar-refractivity contribution in [1.82, 2.24) is 10.2 Å². The van der Waals surface area contributed by atoms with Crippen molar-refractivity contribution in [2.75, 3.05) is 26.2 Å². The van der Waals surface area contributed by atoms with Gasteiger partial charge >= 0.3 is 0 Å². The predicted octanol–water partition coefficient (Wildman–Crippen LogP) is 2.08. The minimum absolute atomic E-state index is 0.928. The maximum Gasteiger partial charge on any atom is 0.105 e. The Balaban J connectivity index is 1.65. The van der Waals surface area contributed by atoms with Gasteiger partial charge in [0.05, 0.1) is 0 Å². The van der Waals surface area contributed by atoms with Crippen molar-refractivity contribution in [2.24, 2.45) is 0 Å². The molecule has 0 aromatic carbocycles. The van der Waals surface area contributed by atoms with Gasteiger partial charge in [0.1, 0.15) is 11.5 Å². The molecular weight excluding hydrogens is 200 g/mol. The van der Waals surface area contributed by atoms with Crippen LogP contribution >= 0.6 is 0 Å². The van der Waals surface area contributed by atoms with E-state index in [1.54, 1.807) is 0 Å². The number of hydrogen-bond acceptors (Lipinski definition) is 3. The van der Waals surface area contributed by atoms with E-state index in [1.165, 1.54) is 38.0 Å². The van der Waals surface area contributed by atoms with Gasteiger partial charge in [-0.1, -0.05) is 0 Å². The molecule has 1 aromatic heterocycles. The first-order valence-electron chi connectivity index (χ1n) is 6.24. The highest BCUT2D eigenvalue weighted by Crippen LogP contribution is 2.13. The summed E-state index contributed by atoms with van der Waals surface area (Å²) in [4.78, 5) is 2.53. The molecule has 1 aliphatic rings. The standard InChI is InChI=1S/C13H22N2O/c1-11-9-13(12(2)16-11)10-14-5-8-15-6-3-4-7-15/h9,14H,3-8,10H2,1-2H3. The summed E-state index contributed by atoms with van der Waals surface area (Å²) in [6, 6.07) is 2.12. The third-order valence-corrected chi connectivity index (χ3v) is 3.26. The fraction of sp³-hybridized carbons (Fsp3) is 0.692. The first-order valence-corrected chi connectivity index (χ1v) is 6.24. The number of furan rings is 1.